The van der Waals surface area contributed by atoms with Crippen LogP contribution in [0, 0.1) is 41.8 Å². The van der Waals surface area contributed by atoms with Crippen LogP contribution in [0.3, 0.4) is 0 Å². The van der Waals surface area contributed by atoms with Crippen LogP contribution in [0.5, 0.6) is 0 Å². The smallest absolute Gasteiger partial charge is 0.238 e. The van der Waals surface area contributed by atoms with E-state index in [-0.39, 0.29) is 24.3 Å². The molecule has 170 valence electrons. The molecular weight excluding hydrogens is 423 g/mol. The maximum atomic E-state index is 13.4. The van der Waals surface area contributed by atoms with Crippen molar-refractivity contribution in [1.29, 1.82) is 5.26 Å². The SMILES string of the molecule is CC1C2CC(NC2C(=O)NCC#N)[C@H]1C.CSNc1ccc(-c2ccc(C)c(F)c2)cc1. The van der Waals surface area contributed by atoms with E-state index in [2.05, 4.69) is 29.2 Å². The quantitative estimate of drug-likeness (QED) is 0.449. The van der Waals surface area contributed by atoms with Crippen molar-refractivity contribution in [3.8, 4) is 17.2 Å². The lowest BCUT2D eigenvalue weighted by atomic mass is 9.84. The number of nitrogens with one attached hydrogen (secondary N) is 3. The van der Waals surface area contributed by atoms with Gasteiger partial charge in [0.1, 0.15) is 12.4 Å². The van der Waals surface area contributed by atoms with Gasteiger partial charge in [0.05, 0.1) is 12.1 Å². The van der Waals surface area contributed by atoms with Gasteiger partial charge < -0.3 is 15.4 Å². The van der Waals surface area contributed by atoms with Crippen molar-refractivity contribution in [3.05, 3.63) is 53.8 Å². The van der Waals surface area contributed by atoms with E-state index in [1.165, 1.54) is 0 Å². The van der Waals surface area contributed by atoms with Crippen molar-refractivity contribution in [1.82, 2.24) is 10.6 Å². The summed E-state index contributed by atoms with van der Waals surface area (Å²) in [4.78, 5) is 11.7. The number of carbonyl (C=O) groups excluding carboxylic acids is 1. The number of benzene rings is 2. The molecule has 32 heavy (non-hydrogen) atoms. The molecule has 7 heteroatoms. The van der Waals surface area contributed by atoms with Crippen LogP contribution < -0.4 is 15.4 Å². The van der Waals surface area contributed by atoms with Gasteiger partial charge >= 0.3 is 0 Å². The van der Waals surface area contributed by atoms with Crippen molar-refractivity contribution in [2.45, 2.75) is 39.3 Å². The highest BCUT2D eigenvalue weighted by Crippen LogP contribution is 2.44. The fraction of sp³-hybridized carbons (Fsp3) is 0.440. The molecule has 1 saturated heterocycles. The molecule has 1 saturated carbocycles. The van der Waals surface area contributed by atoms with Crippen LogP contribution in [-0.2, 0) is 4.79 Å². The van der Waals surface area contributed by atoms with E-state index in [9.17, 15) is 9.18 Å². The Kier molecular flexibility index (Phi) is 8.16. The molecule has 2 fully saturated rings. The number of fused-ring (bicyclic) bond motifs is 2. The number of amides is 1. The third-order valence-corrected chi connectivity index (χ3v) is 7.16. The number of rotatable bonds is 5. The Morgan fingerprint density at radius 1 is 1.19 bits per heavy atom. The molecule has 0 aromatic heterocycles. The first-order chi connectivity index (χ1) is 15.3. The minimum atomic E-state index is -0.159. The van der Waals surface area contributed by atoms with Crippen LogP contribution in [0.4, 0.5) is 10.1 Å². The maximum Gasteiger partial charge on any atom is 0.238 e. The average molecular weight is 455 g/mol. The van der Waals surface area contributed by atoms with Gasteiger partial charge in [0, 0.05) is 18.0 Å². The largest absolute Gasteiger partial charge is 0.342 e. The molecule has 1 amide bonds. The van der Waals surface area contributed by atoms with Gasteiger partial charge in [-0.05, 0) is 66.0 Å². The highest BCUT2D eigenvalue weighted by Gasteiger charge is 2.50. The van der Waals surface area contributed by atoms with Gasteiger partial charge in [0.2, 0.25) is 5.91 Å². The van der Waals surface area contributed by atoms with Gasteiger partial charge in [-0.15, -0.1) is 0 Å². The number of nitrogens with zero attached hydrogens (tertiary/aromatic N) is 1. The Bertz CT molecular complexity index is 973. The van der Waals surface area contributed by atoms with Crippen molar-refractivity contribution < 1.29 is 9.18 Å². The molecule has 5 nitrogen and oxygen atoms in total. The van der Waals surface area contributed by atoms with Gasteiger partial charge in [-0.2, -0.15) is 5.26 Å². The second kappa shape index (κ2) is 10.8. The molecule has 0 radical (unpaired) electrons. The van der Waals surface area contributed by atoms with E-state index in [1.54, 1.807) is 31.0 Å². The summed E-state index contributed by atoms with van der Waals surface area (Å²) in [5.74, 6) is 1.55. The molecule has 5 atom stereocenters. The fourth-order valence-corrected chi connectivity index (χ4v) is 4.99. The first-order valence-electron chi connectivity index (χ1n) is 10.9. The number of aryl methyl sites for hydroxylation is 1. The lowest BCUT2D eigenvalue weighted by molar-refractivity contribution is -0.124. The Hall–Kier alpha value is -2.56. The topological polar surface area (TPSA) is 77.0 Å². The first-order valence-corrected chi connectivity index (χ1v) is 12.1. The Labute approximate surface area is 194 Å². The van der Waals surface area contributed by atoms with E-state index in [4.69, 9.17) is 5.26 Å². The zero-order chi connectivity index (χ0) is 23.3. The molecule has 2 aromatic carbocycles. The van der Waals surface area contributed by atoms with Gasteiger partial charge in [0.25, 0.3) is 0 Å². The molecule has 4 unspecified atom stereocenters. The summed E-state index contributed by atoms with van der Waals surface area (Å²) < 4.78 is 16.6. The third kappa shape index (κ3) is 5.43. The molecule has 2 aliphatic rings. The summed E-state index contributed by atoms with van der Waals surface area (Å²) in [5.41, 5.74) is 3.66. The number of nitriles is 1. The predicted octanol–water partition coefficient (Wildman–Crippen LogP) is 4.75. The molecule has 1 aliphatic carbocycles. The predicted molar refractivity (Wildman–Crippen MR) is 129 cm³/mol. The number of piperidine rings is 1. The minimum absolute atomic E-state index is 0.0113. The Balaban J connectivity index is 0.000000182. The highest BCUT2D eigenvalue weighted by atomic mass is 32.2. The summed E-state index contributed by atoms with van der Waals surface area (Å²) in [5, 5.41) is 14.4. The van der Waals surface area contributed by atoms with Crippen molar-refractivity contribution in [2.75, 3.05) is 17.5 Å². The van der Waals surface area contributed by atoms with Gasteiger partial charge in [0.15, 0.2) is 0 Å². The van der Waals surface area contributed by atoms with Crippen LogP contribution >= 0.6 is 11.9 Å². The summed E-state index contributed by atoms with van der Waals surface area (Å²) in [6, 6.07) is 15.6. The van der Waals surface area contributed by atoms with Crippen LogP contribution in [0.1, 0.15) is 25.8 Å². The Morgan fingerprint density at radius 2 is 1.88 bits per heavy atom. The Morgan fingerprint density at radius 3 is 2.44 bits per heavy atom. The molecule has 3 N–H and O–H groups in total. The van der Waals surface area contributed by atoms with Crippen LogP contribution in [0.15, 0.2) is 42.5 Å². The van der Waals surface area contributed by atoms with Crippen LogP contribution in [0.25, 0.3) is 11.1 Å². The second-order valence-electron chi connectivity index (χ2n) is 8.59. The summed E-state index contributed by atoms with van der Waals surface area (Å²) in [7, 11) is 0. The molecule has 1 heterocycles. The monoisotopic (exact) mass is 454 g/mol. The molecule has 1 aliphatic heterocycles. The zero-order valence-corrected chi connectivity index (χ0v) is 19.8. The number of anilines is 1. The molecule has 2 bridgehead atoms. The molecule has 0 spiro atoms. The number of hydrogen-bond acceptors (Lipinski definition) is 5. The van der Waals surface area contributed by atoms with Crippen molar-refractivity contribution in [2.24, 2.45) is 17.8 Å². The minimum Gasteiger partial charge on any atom is -0.342 e. The third-order valence-electron chi connectivity index (χ3n) is 6.72. The lowest BCUT2D eigenvalue weighted by Gasteiger charge is -2.31. The number of halogens is 1. The summed E-state index contributed by atoms with van der Waals surface area (Å²) >= 11 is 1.55. The van der Waals surface area contributed by atoms with E-state index < -0.39 is 0 Å². The van der Waals surface area contributed by atoms with Crippen LogP contribution in [-0.4, -0.2) is 30.8 Å². The summed E-state index contributed by atoms with van der Waals surface area (Å²) in [6.07, 6.45) is 3.08. The number of carbonyl (C=O) groups is 1. The van der Waals surface area contributed by atoms with Gasteiger partial charge in [-0.25, -0.2) is 4.39 Å². The van der Waals surface area contributed by atoms with Crippen molar-refractivity contribution >= 4 is 23.5 Å². The van der Waals surface area contributed by atoms with E-state index in [0.29, 0.717) is 29.4 Å². The molecule has 4 rings (SSSR count). The fourth-order valence-electron chi connectivity index (χ4n) is 4.62. The van der Waals surface area contributed by atoms with Gasteiger partial charge in [-0.1, -0.05) is 50.1 Å². The molecule has 2 aromatic rings. The van der Waals surface area contributed by atoms with Crippen LogP contribution in [0.2, 0.25) is 0 Å². The normalized spacial score (nSPS) is 25.4. The standard InChI is InChI=1S/C14H14FNS.C11H17N3O/c1-10-3-4-12(9-14(10)15)11-5-7-13(8-6-11)16-17-2;1-6-7(2)9-5-8(6)10(14-9)11(15)13-4-3-12/h3-9,16H,1-2H3;6-10,14H,4-5H2,1-2H3,(H,13,15)/t;6?,7-,8?,9?,10?/m.0/s1. The van der Waals surface area contributed by atoms with Crippen molar-refractivity contribution in [3.63, 3.8) is 0 Å². The second-order valence-corrected chi connectivity index (χ2v) is 9.20. The maximum absolute atomic E-state index is 13.4. The number of hydrogen-bond donors (Lipinski definition) is 3. The van der Waals surface area contributed by atoms with Gasteiger partial charge in [-0.3, -0.25) is 4.79 Å². The lowest BCUT2D eigenvalue weighted by Crippen LogP contribution is -2.52. The zero-order valence-electron chi connectivity index (χ0n) is 19.0. The van der Waals surface area contributed by atoms with E-state index >= 15 is 0 Å². The summed E-state index contributed by atoms with van der Waals surface area (Å²) in [6.45, 7) is 6.34. The van der Waals surface area contributed by atoms with E-state index in [1.807, 2.05) is 42.7 Å². The first kappa shape index (κ1) is 24.1. The molecular formula is C25H31FN4OS. The highest BCUT2D eigenvalue weighted by molar-refractivity contribution is 7.99. The van der Waals surface area contributed by atoms with E-state index in [0.717, 1.165) is 23.2 Å². The average Bonchev–Trinajstić information content (AvgIpc) is 3.35.